The van der Waals surface area contributed by atoms with Crippen molar-refractivity contribution < 1.29 is 5.11 Å². The largest absolute Gasteiger partial charge is 0.505 e. The third-order valence-electron chi connectivity index (χ3n) is 2.07. The molecule has 0 aliphatic rings. The maximum absolute atomic E-state index is 9.45. The maximum Gasteiger partial charge on any atom is 0.152 e. The van der Waals surface area contributed by atoms with E-state index in [1.54, 1.807) is 24.3 Å². The van der Waals surface area contributed by atoms with E-state index in [1.807, 2.05) is 4.90 Å². The van der Waals surface area contributed by atoms with Gasteiger partial charge in [-0.3, -0.25) is 0 Å². The van der Waals surface area contributed by atoms with E-state index in [-0.39, 0.29) is 15.8 Å². The number of halogens is 2. The highest BCUT2D eigenvalue weighted by Crippen LogP contribution is 2.35. The molecular formula is C12H13Cl2NO. The van der Waals surface area contributed by atoms with Crippen LogP contribution in [0.2, 0.25) is 10.0 Å². The van der Waals surface area contributed by atoms with Crippen LogP contribution in [0.15, 0.2) is 37.4 Å². The molecule has 2 nitrogen and oxygen atoms in total. The van der Waals surface area contributed by atoms with Crippen molar-refractivity contribution in [1.29, 1.82) is 0 Å². The van der Waals surface area contributed by atoms with E-state index in [0.29, 0.717) is 13.1 Å². The first-order valence-electron chi connectivity index (χ1n) is 4.75. The third-order valence-corrected chi connectivity index (χ3v) is 2.64. The zero-order chi connectivity index (χ0) is 12.1. The number of rotatable bonds is 5. The van der Waals surface area contributed by atoms with E-state index in [1.165, 1.54) is 0 Å². The van der Waals surface area contributed by atoms with Crippen LogP contribution in [0, 0.1) is 0 Å². The number of phenols is 1. The van der Waals surface area contributed by atoms with E-state index in [0.717, 1.165) is 5.69 Å². The van der Waals surface area contributed by atoms with Crippen molar-refractivity contribution >= 4 is 28.9 Å². The normalized spacial score (nSPS) is 9.88. The number of nitrogens with zero attached hydrogens (tertiary/aromatic N) is 1. The summed E-state index contributed by atoms with van der Waals surface area (Å²) in [6.07, 6.45) is 3.55. The highest BCUT2D eigenvalue weighted by molar-refractivity contribution is 6.37. The zero-order valence-electron chi connectivity index (χ0n) is 8.79. The van der Waals surface area contributed by atoms with Crippen molar-refractivity contribution in [1.82, 2.24) is 0 Å². The molecule has 86 valence electrons. The molecule has 0 radical (unpaired) electrons. The van der Waals surface area contributed by atoms with Crippen LogP contribution in [-0.4, -0.2) is 18.2 Å². The molecule has 0 heterocycles. The molecule has 16 heavy (non-hydrogen) atoms. The second kappa shape index (κ2) is 5.83. The lowest BCUT2D eigenvalue weighted by molar-refractivity contribution is 0.476. The Morgan fingerprint density at radius 1 is 1.12 bits per heavy atom. The molecule has 0 aromatic heterocycles. The van der Waals surface area contributed by atoms with E-state index >= 15 is 0 Å². The SMILES string of the molecule is C=CCN(CC=C)c1cc(Cl)c(O)c(Cl)c1. The minimum atomic E-state index is -0.0933. The van der Waals surface area contributed by atoms with Gasteiger partial charge in [0.15, 0.2) is 5.75 Å². The number of aromatic hydroxyl groups is 1. The fraction of sp³-hybridized carbons (Fsp3) is 0.167. The van der Waals surface area contributed by atoms with Crippen molar-refractivity contribution in [2.24, 2.45) is 0 Å². The molecule has 0 saturated heterocycles. The van der Waals surface area contributed by atoms with Crippen molar-refractivity contribution in [2.75, 3.05) is 18.0 Å². The molecule has 0 unspecified atom stereocenters. The summed E-state index contributed by atoms with van der Waals surface area (Å²) in [5, 5.41) is 9.92. The van der Waals surface area contributed by atoms with Gasteiger partial charge in [0.2, 0.25) is 0 Å². The maximum atomic E-state index is 9.45. The topological polar surface area (TPSA) is 23.5 Å². The summed E-state index contributed by atoms with van der Waals surface area (Å²) >= 11 is 11.7. The van der Waals surface area contributed by atoms with E-state index < -0.39 is 0 Å². The van der Waals surface area contributed by atoms with E-state index in [4.69, 9.17) is 23.2 Å². The van der Waals surface area contributed by atoms with Gasteiger partial charge in [0, 0.05) is 18.8 Å². The molecule has 1 N–H and O–H groups in total. The van der Waals surface area contributed by atoms with Crippen molar-refractivity contribution in [3.05, 3.63) is 47.5 Å². The molecular weight excluding hydrogens is 245 g/mol. The van der Waals surface area contributed by atoms with Crippen LogP contribution in [0.5, 0.6) is 5.75 Å². The average molecular weight is 258 g/mol. The number of hydrogen-bond acceptors (Lipinski definition) is 2. The smallest absolute Gasteiger partial charge is 0.152 e. The fourth-order valence-corrected chi connectivity index (χ4v) is 1.81. The van der Waals surface area contributed by atoms with Gasteiger partial charge in [-0.2, -0.15) is 0 Å². The Kier molecular flexibility index (Phi) is 4.71. The number of anilines is 1. The van der Waals surface area contributed by atoms with Crippen molar-refractivity contribution in [2.45, 2.75) is 0 Å². The summed E-state index contributed by atoms with van der Waals surface area (Å²) in [5.41, 5.74) is 0.826. The van der Waals surface area contributed by atoms with Crippen molar-refractivity contribution in [3.8, 4) is 5.75 Å². The molecule has 0 atom stereocenters. The quantitative estimate of drug-likeness (QED) is 0.810. The first-order valence-corrected chi connectivity index (χ1v) is 5.50. The first kappa shape index (κ1) is 12.9. The van der Waals surface area contributed by atoms with Gasteiger partial charge in [-0.05, 0) is 12.1 Å². The van der Waals surface area contributed by atoms with Gasteiger partial charge in [0.1, 0.15) is 0 Å². The lowest BCUT2D eigenvalue weighted by Gasteiger charge is -2.22. The van der Waals surface area contributed by atoms with Crippen LogP contribution >= 0.6 is 23.2 Å². The minimum absolute atomic E-state index is 0.0933. The molecule has 1 rings (SSSR count). The Hall–Kier alpha value is -1.12. The Morgan fingerprint density at radius 2 is 1.56 bits per heavy atom. The van der Waals surface area contributed by atoms with E-state index in [9.17, 15) is 5.11 Å². The van der Waals surface area contributed by atoms with Gasteiger partial charge in [0.25, 0.3) is 0 Å². The molecule has 1 aromatic rings. The van der Waals surface area contributed by atoms with E-state index in [2.05, 4.69) is 13.2 Å². The van der Waals surface area contributed by atoms with Crippen LogP contribution in [-0.2, 0) is 0 Å². The standard InChI is InChI=1S/C12H13Cl2NO/c1-3-5-15(6-4-2)9-7-10(13)12(16)11(14)8-9/h3-4,7-8,16H,1-2,5-6H2. The highest BCUT2D eigenvalue weighted by Gasteiger charge is 2.10. The van der Waals surface area contributed by atoms with Gasteiger partial charge in [0.05, 0.1) is 10.0 Å². The Labute approximate surface area is 105 Å². The van der Waals surface area contributed by atoms with Crippen LogP contribution in [0.3, 0.4) is 0 Å². The van der Waals surface area contributed by atoms with Crippen molar-refractivity contribution in [3.63, 3.8) is 0 Å². The van der Waals surface area contributed by atoms with Gasteiger partial charge >= 0.3 is 0 Å². The Morgan fingerprint density at radius 3 is 1.94 bits per heavy atom. The summed E-state index contributed by atoms with van der Waals surface area (Å²) in [6, 6.07) is 3.32. The number of hydrogen-bond donors (Lipinski definition) is 1. The summed E-state index contributed by atoms with van der Waals surface area (Å²) in [7, 11) is 0. The molecule has 0 fully saturated rings. The fourth-order valence-electron chi connectivity index (χ4n) is 1.33. The predicted molar refractivity (Wildman–Crippen MR) is 70.7 cm³/mol. The lowest BCUT2D eigenvalue weighted by atomic mass is 10.2. The molecule has 0 amide bonds. The minimum Gasteiger partial charge on any atom is -0.505 e. The molecule has 0 spiro atoms. The summed E-state index contributed by atoms with van der Waals surface area (Å²) in [5.74, 6) is -0.0933. The average Bonchev–Trinajstić information content (AvgIpc) is 2.25. The molecule has 4 heteroatoms. The Balaban J connectivity index is 3.08. The Bertz CT molecular complexity index is 371. The van der Waals surface area contributed by atoms with Gasteiger partial charge < -0.3 is 10.0 Å². The first-order chi connectivity index (χ1) is 7.60. The molecule has 0 aliphatic carbocycles. The zero-order valence-corrected chi connectivity index (χ0v) is 10.3. The van der Waals surface area contributed by atoms with Gasteiger partial charge in [-0.25, -0.2) is 0 Å². The monoisotopic (exact) mass is 257 g/mol. The summed E-state index contributed by atoms with van der Waals surface area (Å²) in [6.45, 7) is 8.67. The summed E-state index contributed by atoms with van der Waals surface area (Å²) in [4.78, 5) is 1.98. The molecule has 0 bridgehead atoms. The van der Waals surface area contributed by atoms with Gasteiger partial charge in [-0.1, -0.05) is 35.4 Å². The predicted octanol–water partition coefficient (Wildman–Crippen LogP) is 3.88. The third kappa shape index (κ3) is 2.94. The molecule has 1 aromatic carbocycles. The molecule has 0 aliphatic heterocycles. The highest BCUT2D eigenvalue weighted by atomic mass is 35.5. The number of benzene rings is 1. The number of phenolic OH excluding ortho intramolecular Hbond substituents is 1. The van der Waals surface area contributed by atoms with Crippen LogP contribution < -0.4 is 4.90 Å². The molecule has 0 saturated carbocycles. The van der Waals surface area contributed by atoms with Crippen LogP contribution in [0.25, 0.3) is 0 Å². The van der Waals surface area contributed by atoms with Crippen LogP contribution in [0.1, 0.15) is 0 Å². The lowest BCUT2D eigenvalue weighted by Crippen LogP contribution is -2.22. The van der Waals surface area contributed by atoms with Gasteiger partial charge in [-0.15, -0.1) is 13.2 Å². The second-order valence-corrected chi connectivity index (χ2v) is 4.05. The van der Waals surface area contributed by atoms with Crippen LogP contribution in [0.4, 0.5) is 5.69 Å². The summed E-state index contributed by atoms with van der Waals surface area (Å²) < 4.78 is 0. The second-order valence-electron chi connectivity index (χ2n) is 3.24.